The fraction of sp³-hybridized carbons (Fsp3) is 0.158. The third kappa shape index (κ3) is 3.54. The van der Waals surface area contributed by atoms with E-state index in [2.05, 4.69) is 4.98 Å². The largest absolute Gasteiger partial charge is 0.398 e. The average molecular weight is 337 g/mol. The average Bonchev–Trinajstić information content (AvgIpc) is 2.97. The molecule has 0 radical (unpaired) electrons. The lowest BCUT2D eigenvalue weighted by atomic mass is 10.0. The first-order valence-corrected chi connectivity index (χ1v) is 7.88. The van der Waals surface area contributed by atoms with Crippen LogP contribution in [0.1, 0.15) is 21.5 Å². The van der Waals surface area contributed by atoms with E-state index in [1.165, 1.54) is 6.07 Å². The summed E-state index contributed by atoms with van der Waals surface area (Å²) in [6, 6.07) is 11.4. The Balaban J connectivity index is 1.71. The Morgan fingerprint density at radius 3 is 2.72 bits per heavy atom. The van der Waals surface area contributed by atoms with Crippen molar-refractivity contribution in [3.8, 4) is 0 Å². The minimum Gasteiger partial charge on any atom is -0.398 e. The molecule has 1 heterocycles. The zero-order chi connectivity index (χ0) is 18.0. The van der Waals surface area contributed by atoms with Crippen LogP contribution in [0.15, 0.2) is 48.7 Å². The number of para-hydroxylation sites is 1. The van der Waals surface area contributed by atoms with Gasteiger partial charge < -0.3 is 21.2 Å². The number of nitrogens with one attached hydrogen (secondary N) is 1. The molecule has 0 aliphatic rings. The Kier molecular flexibility index (Phi) is 4.54. The molecule has 0 saturated heterocycles. The monoisotopic (exact) mass is 337 g/mol. The first kappa shape index (κ1) is 16.7. The number of aromatic amines is 1. The van der Waals surface area contributed by atoms with E-state index in [0.717, 1.165) is 22.0 Å². The Morgan fingerprint density at radius 1 is 1.20 bits per heavy atom. The standard InChI is InChI=1S/C19H19N3O3/c1-11-6-7-17-14(8-11)12(10-22-17)9-16(21)19(24)25-18(23)13-4-2-3-5-15(13)20/h2-8,10,16,22H,9,20-21H2,1H3/t16-/m0/s1. The van der Waals surface area contributed by atoms with Gasteiger partial charge in [-0.05, 0) is 36.8 Å². The topological polar surface area (TPSA) is 111 Å². The molecule has 25 heavy (non-hydrogen) atoms. The Morgan fingerprint density at radius 2 is 1.96 bits per heavy atom. The summed E-state index contributed by atoms with van der Waals surface area (Å²) in [5.74, 6) is -1.58. The fourth-order valence-electron chi connectivity index (χ4n) is 2.69. The van der Waals surface area contributed by atoms with E-state index in [-0.39, 0.29) is 17.7 Å². The zero-order valence-corrected chi connectivity index (χ0v) is 13.8. The van der Waals surface area contributed by atoms with Crippen molar-refractivity contribution in [2.75, 3.05) is 5.73 Å². The maximum absolute atomic E-state index is 12.1. The van der Waals surface area contributed by atoms with E-state index in [9.17, 15) is 9.59 Å². The number of carbonyl (C=O) groups excluding carboxylic acids is 2. The van der Waals surface area contributed by atoms with Crippen LogP contribution in [0, 0.1) is 6.92 Å². The van der Waals surface area contributed by atoms with Crippen molar-refractivity contribution >= 4 is 28.5 Å². The Labute approximate surface area is 144 Å². The second kappa shape index (κ2) is 6.78. The molecule has 1 atom stereocenters. The lowest BCUT2D eigenvalue weighted by molar-refractivity contribution is -0.139. The lowest BCUT2D eigenvalue weighted by Gasteiger charge is -2.11. The van der Waals surface area contributed by atoms with E-state index in [1.807, 2.05) is 31.3 Å². The maximum Gasteiger partial charge on any atom is 0.347 e. The van der Waals surface area contributed by atoms with Crippen LogP contribution in [0.3, 0.4) is 0 Å². The highest BCUT2D eigenvalue weighted by atomic mass is 16.6. The Hall–Kier alpha value is -3.12. The summed E-state index contributed by atoms with van der Waals surface area (Å²) < 4.78 is 4.87. The molecular weight excluding hydrogens is 318 g/mol. The predicted molar refractivity (Wildman–Crippen MR) is 96.0 cm³/mol. The zero-order valence-electron chi connectivity index (χ0n) is 13.8. The van der Waals surface area contributed by atoms with E-state index in [0.29, 0.717) is 0 Å². The molecule has 0 spiro atoms. The number of hydrogen-bond acceptors (Lipinski definition) is 5. The number of carbonyl (C=O) groups is 2. The first-order chi connectivity index (χ1) is 12.0. The van der Waals surface area contributed by atoms with Gasteiger partial charge in [0.25, 0.3) is 0 Å². The first-order valence-electron chi connectivity index (χ1n) is 7.88. The summed E-state index contributed by atoms with van der Waals surface area (Å²) in [6.45, 7) is 1.99. The lowest BCUT2D eigenvalue weighted by Crippen LogP contribution is -2.35. The second-order valence-corrected chi connectivity index (χ2v) is 5.97. The number of benzene rings is 2. The molecular formula is C19H19N3O3. The maximum atomic E-state index is 12.1. The number of nitrogens with two attached hydrogens (primary N) is 2. The van der Waals surface area contributed by atoms with E-state index < -0.39 is 18.0 Å². The van der Waals surface area contributed by atoms with Crippen molar-refractivity contribution < 1.29 is 14.3 Å². The molecule has 0 saturated carbocycles. The van der Waals surface area contributed by atoms with Crippen LogP contribution in [0.4, 0.5) is 5.69 Å². The summed E-state index contributed by atoms with van der Waals surface area (Å²) in [6.07, 6.45) is 2.08. The van der Waals surface area contributed by atoms with Gasteiger partial charge >= 0.3 is 11.9 Å². The van der Waals surface area contributed by atoms with Gasteiger partial charge in [0.05, 0.1) is 5.56 Å². The number of H-pyrrole nitrogens is 1. The van der Waals surface area contributed by atoms with Gasteiger partial charge in [-0.2, -0.15) is 0 Å². The number of nitrogen functional groups attached to an aromatic ring is 1. The number of fused-ring (bicyclic) bond motifs is 1. The summed E-state index contributed by atoms with van der Waals surface area (Å²) in [7, 11) is 0. The predicted octanol–water partition coefficient (Wildman–Crippen LogP) is 2.31. The molecule has 1 aromatic heterocycles. The quantitative estimate of drug-likeness (QED) is 0.384. The number of anilines is 1. The van der Waals surface area contributed by atoms with Crippen molar-refractivity contribution in [3.63, 3.8) is 0 Å². The molecule has 0 aliphatic heterocycles. The highest BCUT2D eigenvalue weighted by Crippen LogP contribution is 2.21. The van der Waals surface area contributed by atoms with Gasteiger partial charge in [0.1, 0.15) is 6.04 Å². The summed E-state index contributed by atoms with van der Waals surface area (Å²) in [5.41, 5.74) is 15.0. The van der Waals surface area contributed by atoms with E-state index in [4.69, 9.17) is 16.2 Å². The molecule has 2 aromatic carbocycles. The van der Waals surface area contributed by atoms with Crippen LogP contribution in [-0.4, -0.2) is 23.0 Å². The normalized spacial score (nSPS) is 12.1. The van der Waals surface area contributed by atoms with Gasteiger partial charge in [-0.3, -0.25) is 0 Å². The molecule has 6 heteroatoms. The molecule has 5 N–H and O–H groups in total. The van der Waals surface area contributed by atoms with Crippen molar-refractivity contribution in [3.05, 3.63) is 65.4 Å². The van der Waals surface area contributed by atoms with Crippen LogP contribution in [0.2, 0.25) is 0 Å². The minimum absolute atomic E-state index is 0.144. The molecule has 0 unspecified atom stereocenters. The number of aryl methyl sites for hydroxylation is 1. The van der Waals surface area contributed by atoms with Gasteiger partial charge in [0, 0.05) is 29.2 Å². The molecule has 0 aliphatic carbocycles. The highest BCUT2D eigenvalue weighted by Gasteiger charge is 2.22. The number of rotatable bonds is 4. The number of aromatic nitrogens is 1. The van der Waals surface area contributed by atoms with Gasteiger partial charge in [-0.15, -0.1) is 0 Å². The van der Waals surface area contributed by atoms with Crippen molar-refractivity contribution in [1.82, 2.24) is 4.98 Å². The molecule has 3 rings (SSSR count). The van der Waals surface area contributed by atoms with Crippen LogP contribution >= 0.6 is 0 Å². The number of ether oxygens (including phenoxy) is 1. The van der Waals surface area contributed by atoms with Crippen molar-refractivity contribution in [1.29, 1.82) is 0 Å². The molecule has 6 nitrogen and oxygen atoms in total. The van der Waals surface area contributed by atoms with E-state index in [1.54, 1.807) is 18.2 Å². The highest BCUT2D eigenvalue weighted by molar-refractivity contribution is 6.01. The smallest absolute Gasteiger partial charge is 0.347 e. The fourth-order valence-corrected chi connectivity index (χ4v) is 2.69. The minimum atomic E-state index is -0.951. The summed E-state index contributed by atoms with van der Waals surface area (Å²) in [4.78, 5) is 27.3. The molecule has 0 bridgehead atoms. The van der Waals surface area contributed by atoms with Crippen LogP contribution < -0.4 is 11.5 Å². The molecule has 128 valence electrons. The van der Waals surface area contributed by atoms with Crippen molar-refractivity contribution in [2.24, 2.45) is 5.73 Å². The van der Waals surface area contributed by atoms with Gasteiger partial charge in [0.15, 0.2) is 0 Å². The third-order valence-corrected chi connectivity index (χ3v) is 4.04. The van der Waals surface area contributed by atoms with Gasteiger partial charge in [0.2, 0.25) is 0 Å². The summed E-state index contributed by atoms with van der Waals surface area (Å²) >= 11 is 0. The molecule has 0 fully saturated rings. The Bertz CT molecular complexity index is 946. The van der Waals surface area contributed by atoms with Crippen LogP contribution in [0.5, 0.6) is 0 Å². The number of esters is 2. The number of hydrogen-bond donors (Lipinski definition) is 3. The van der Waals surface area contributed by atoms with Crippen LogP contribution in [0.25, 0.3) is 10.9 Å². The van der Waals surface area contributed by atoms with Crippen LogP contribution in [-0.2, 0) is 16.0 Å². The summed E-state index contributed by atoms with van der Waals surface area (Å²) in [5, 5.41) is 1.00. The van der Waals surface area contributed by atoms with Gasteiger partial charge in [-0.25, -0.2) is 9.59 Å². The molecule has 3 aromatic rings. The SMILES string of the molecule is Cc1ccc2[nH]cc(C[C@H](N)C(=O)OC(=O)c3ccccc3N)c2c1. The third-order valence-electron chi connectivity index (χ3n) is 4.04. The van der Waals surface area contributed by atoms with Gasteiger partial charge in [-0.1, -0.05) is 23.8 Å². The molecule has 0 amide bonds. The van der Waals surface area contributed by atoms with E-state index >= 15 is 0 Å². The second-order valence-electron chi connectivity index (χ2n) is 5.97. The van der Waals surface area contributed by atoms with Crippen molar-refractivity contribution in [2.45, 2.75) is 19.4 Å².